The second-order valence-electron chi connectivity index (χ2n) is 7.82. The Morgan fingerprint density at radius 2 is 1.85 bits per heavy atom. The molecule has 0 aliphatic carbocycles. The van der Waals surface area contributed by atoms with Crippen LogP contribution < -0.4 is 9.62 Å². The first-order valence-electron chi connectivity index (χ1n) is 10.6. The Hall–Kier alpha value is -3.45. The lowest BCUT2D eigenvalue weighted by Crippen LogP contribution is -2.55. The first kappa shape index (κ1) is 24.2. The maximum atomic E-state index is 12.5. The molecule has 1 amide bonds. The van der Waals surface area contributed by atoms with Gasteiger partial charge in [0.1, 0.15) is 11.9 Å². The normalized spacial score (nSPS) is 13.7. The van der Waals surface area contributed by atoms with E-state index in [9.17, 15) is 23.3 Å². The highest BCUT2D eigenvalue weighted by atomic mass is 32.2. The number of anilines is 1. The standard InChI is InChI=1S/C23H26N4O5S/c1-4-16-6-8-17(9-7-16)14-33(30,31)26-22(28)19-12-27(13-19)21-18(11-24)10-20(15(3)25-21)23(29)32-5-2/h6-10,19H,4-5,12-14H2,1-3H3,(H,26,28). The summed E-state index contributed by atoms with van der Waals surface area (Å²) in [7, 11) is -3.83. The summed E-state index contributed by atoms with van der Waals surface area (Å²) in [6.07, 6.45) is 0.857. The molecule has 1 saturated heterocycles. The van der Waals surface area contributed by atoms with Crippen molar-refractivity contribution in [1.82, 2.24) is 9.71 Å². The third-order valence-electron chi connectivity index (χ3n) is 5.40. The number of benzene rings is 1. The molecule has 1 N–H and O–H groups in total. The van der Waals surface area contributed by atoms with E-state index in [4.69, 9.17) is 4.74 Å². The summed E-state index contributed by atoms with van der Waals surface area (Å²) >= 11 is 0. The maximum absolute atomic E-state index is 12.5. The molecular weight excluding hydrogens is 444 g/mol. The first-order chi connectivity index (χ1) is 15.7. The molecule has 0 atom stereocenters. The number of nitriles is 1. The van der Waals surface area contributed by atoms with Gasteiger partial charge in [-0.3, -0.25) is 9.52 Å². The van der Waals surface area contributed by atoms with Crippen molar-refractivity contribution < 1.29 is 22.7 Å². The number of pyridine rings is 1. The molecule has 0 spiro atoms. The molecule has 9 nitrogen and oxygen atoms in total. The van der Waals surface area contributed by atoms with Crippen molar-refractivity contribution in [2.45, 2.75) is 32.9 Å². The SMILES string of the molecule is CCOC(=O)c1cc(C#N)c(N2CC(C(=O)NS(=O)(=O)Cc3ccc(CC)cc3)C2)nc1C. The number of hydrogen-bond acceptors (Lipinski definition) is 8. The summed E-state index contributed by atoms with van der Waals surface area (Å²) in [5.41, 5.74) is 2.51. The van der Waals surface area contributed by atoms with E-state index in [0.717, 1.165) is 12.0 Å². The number of carbonyl (C=O) groups is 2. The second kappa shape index (κ2) is 10.0. The van der Waals surface area contributed by atoms with Crippen LogP contribution in [0, 0.1) is 24.2 Å². The molecule has 1 aromatic heterocycles. The van der Waals surface area contributed by atoms with Crippen LogP contribution >= 0.6 is 0 Å². The molecule has 0 unspecified atom stereocenters. The predicted molar refractivity (Wildman–Crippen MR) is 122 cm³/mol. The molecule has 1 aliphatic rings. The number of aryl methyl sites for hydroxylation is 2. The van der Waals surface area contributed by atoms with Crippen LogP contribution in [0.5, 0.6) is 0 Å². The second-order valence-corrected chi connectivity index (χ2v) is 9.54. The van der Waals surface area contributed by atoms with Gasteiger partial charge in [-0.2, -0.15) is 5.26 Å². The number of amides is 1. The quantitative estimate of drug-likeness (QED) is 0.581. The Kier molecular flexibility index (Phi) is 7.33. The number of nitrogens with zero attached hydrogens (tertiary/aromatic N) is 3. The van der Waals surface area contributed by atoms with E-state index in [1.807, 2.05) is 25.1 Å². The van der Waals surface area contributed by atoms with Crippen molar-refractivity contribution >= 4 is 27.7 Å². The number of rotatable bonds is 8. The van der Waals surface area contributed by atoms with Crippen molar-refractivity contribution in [3.05, 3.63) is 58.3 Å². The summed E-state index contributed by atoms with van der Waals surface area (Å²) in [4.78, 5) is 30.6. The molecule has 2 aromatic rings. The summed E-state index contributed by atoms with van der Waals surface area (Å²) in [5, 5.41) is 9.49. The van der Waals surface area contributed by atoms with Crippen molar-refractivity contribution in [2.75, 3.05) is 24.6 Å². The third kappa shape index (κ3) is 5.68. The molecule has 1 aromatic carbocycles. The summed E-state index contributed by atoms with van der Waals surface area (Å²) in [6.45, 7) is 5.98. The molecule has 0 radical (unpaired) electrons. The first-order valence-corrected chi connectivity index (χ1v) is 12.3. The van der Waals surface area contributed by atoms with Gasteiger partial charge in [0.05, 0.1) is 35.1 Å². The van der Waals surface area contributed by atoms with Crippen LogP contribution in [0.4, 0.5) is 5.82 Å². The number of carbonyl (C=O) groups excluding carboxylic acids is 2. The predicted octanol–water partition coefficient (Wildman–Crippen LogP) is 2.08. The third-order valence-corrected chi connectivity index (χ3v) is 6.63. The van der Waals surface area contributed by atoms with E-state index in [1.165, 1.54) is 6.07 Å². The van der Waals surface area contributed by atoms with E-state index in [1.54, 1.807) is 30.9 Å². The Labute approximate surface area is 193 Å². The highest BCUT2D eigenvalue weighted by Crippen LogP contribution is 2.28. The van der Waals surface area contributed by atoms with Gasteiger partial charge in [-0.25, -0.2) is 18.2 Å². The maximum Gasteiger partial charge on any atom is 0.340 e. The van der Waals surface area contributed by atoms with E-state index in [0.29, 0.717) is 17.1 Å². The number of sulfonamides is 1. The van der Waals surface area contributed by atoms with E-state index >= 15 is 0 Å². The molecule has 0 bridgehead atoms. The number of hydrogen-bond donors (Lipinski definition) is 1. The highest BCUT2D eigenvalue weighted by molar-refractivity contribution is 7.89. The monoisotopic (exact) mass is 470 g/mol. The molecule has 10 heteroatoms. The largest absolute Gasteiger partial charge is 0.462 e. The molecule has 2 heterocycles. The lowest BCUT2D eigenvalue weighted by Gasteiger charge is -2.39. The minimum Gasteiger partial charge on any atom is -0.462 e. The van der Waals surface area contributed by atoms with Crippen LogP contribution in [0.25, 0.3) is 0 Å². The van der Waals surface area contributed by atoms with Crippen LogP contribution in [-0.2, 0) is 31.7 Å². The van der Waals surface area contributed by atoms with Crippen LogP contribution in [0.2, 0.25) is 0 Å². The van der Waals surface area contributed by atoms with Gasteiger partial charge >= 0.3 is 5.97 Å². The molecule has 1 fully saturated rings. The van der Waals surface area contributed by atoms with Gasteiger partial charge in [0.2, 0.25) is 15.9 Å². The van der Waals surface area contributed by atoms with Crippen molar-refractivity contribution in [3.8, 4) is 6.07 Å². The van der Waals surface area contributed by atoms with Crippen molar-refractivity contribution in [2.24, 2.45) is 5.92 Å². The van der Waals surface area contributed by atoms with Crippen LogP contribution in [0.1, 0.15) is 46.6 Å². The molecule has 0 saturated carbocycles. The Morgan fingerprint density at radius 1 is 1.21 bits per heavy atom. The molecule has 3 rings (SSSR count). The summed E-state index contributed by atoms with van der Waals surface area (Å²) < 4.78 is 32.0. The molecule has 1 aliphatic heterocycles. The number of esters is 1. The average Bonchev–Trinajstić information content (AvgIpc) is 2.72. The molecule has 33 heavy (non-hydrogen) atoms. The van der Waals surface area contributed by atoms with Gasteiger partial charge < -0.3 is 9.64 Å². The van der Waals surface area contributed by atoms with Gasteiger partial charge in [0, 0.05) is 13.1 Å². The van der Waals surface area contributed by atoms with Gasteiger partial charge in [0.15, 0.2) is 0 Å². The van der Waals surface area contributed by atoms with E-state index in [-0.39, 0.29) is 36.6 Å². The Balaban J connectivity index is 1.63. The van der Waals surface area contributed by atoms with Gasteiger partial charge in [0.25, 0.3) is 0 Å². The Morgan fingerprint density at radius 3 is 2.42 bits per heavy atom. The summed E-state index contributed by atoms with van der Waals surface area (Å²) in [6, 6.07) is 10.7. The van der Waals surface area contributed by atoms with Gasteiger partial charge in [-0.05, 0) is 37.5 Å². The van der Waals surface area contributed by atoms with Crippen molar-refractivity contribution in [1.29, 1.82) is 5.26 Å². The van der Waals surface area contributed by atoms with Crippen LogP contribution in [0.3, 0.4) is 0 Å². The minimum absolute atomic E-state index is 0.186. The zero-order chi connectivity index (χ0) is 24.2. The molecule has 174 valence electrons. The fraction of sp³-hybridized carbons (Fsp3) is 0.391. The number of aromatic nitrogens is 1. The fourth-order valence-electron chi connectivity index (χ4n) is 3.51. The zero-order valence-electron chi connectivity index (χ0n) is 18.8. The van der Waals surface area contributed by atoms with Gasteiger partial charge in [-0.15, -0.1) is 0 Å². The molecular formula is C23H26N4O5S. The number of nitrogens with one attached hydrogen (secondary N) is 1. The highest BCUT2D eigenvalue weighted by Gasteiger charge is 2.36. The van der Waals surface area contributed by atoms with E-state index in [2.05, 4.69) is 9.71 Å². The van der Waals surface area contributed by atoms with Crippen molar-refractivity contribution in [3.63, 3.8) is 0 Å². The average molecular weight is 471 g/mol. The van der Waals surface area contributed by atoms with Crippen LogP contribution in [-0.4, -0.2) is 45.0 Å². The lowest BCUT2D eigenvalue weighted by molar-refractivity contribution is -0.123. The minimum atomic E-state index is -3.83. The van der Waals surface area contributed by atoms with Crippen LogP contribution in [0.15, 0.2) is 30.3 Å². The fourth-order valence-corrected chi connectivity index (χ4v) is 4.69. The zero-order valence-corrected chi connectivity index (χ0v) is 19.6. The lowest BCUT2D eigenvalue weighted by atomic mass is 9.98. The topological polar surface area (TPSA) is 129 Å². The summed E-state index contributed by atoms with van der Waals surface area (Å²) in [5.74, 6) is -1.63. The Bertz CT molecular complexity index is 1200. The van der Waals surface area contributed by atoms with E-state index < -0.39 is 27.8 Å². The van der Waals surface area contributed by atoms with Gasteiger partial charge in [-0.1, -0.05) is 31.2 Å². The number of ether oxygens (including phenoxy) is 1. The smallest absolute Gasteiger partial charge is 0.340 e.